The second-order valence-corrected chi connectivity index (χ2v) is 5.85. The van der Waals surface area contributed by atoms with Crippen molar-refractivity contribution in [1.82, 2.24) is 15.3 Å². The number of hydrogen-bond acceptors (Lipinski definition) is 5. The first kappa shape index (κ1) is 13.8. The largest absolute Gasteiger partial charge is 0.394 e. The van der Waals surface area contributed by atoms with Crippen LogP contribution < -0.4 is 5.32 Å². The highest BCUT2D eigenvalue weighted by atomic mass is 32.2. The van der Waals surface area contributed by atoms with Gasteiger partial charge >= 0.3 is 0 Å². The Morgan fingerprint density at radius 1 is 1.56 bits per heavy atom. The second-order valence-electron chi connectivity index (χ2n) is 4.85. The Balaban J connectivity index is 1.96. The van der Waals surface area contributed by atoms with Crippen molar-refractivity contribution in [3.8, 4) is 0 Å². The Labute approximate surface area is 113 Å². The number of aliphatic hydroxyl groups is 1. The van der Waals surface area contributed by atoms with Crippen LogP contribution in [0.2, 0.25) is 0 Å². The van der Waals surface area contributed by atoms with Gasteiger partial charge in [0.05, 0.1) is 17.2 Å². The van der Waals surface area contributed by atoms with Gasteiger partial charge in [-0.25, -0.2) is 9.97 Å². The molecule has 0 aliphatic heterocycles. The molecule has 1 aromatic heterocycles. The summed E-state index contributed by atoms with van der Waals surface area (Å²) in [7, 11) is 0. The highest BCUT2D eigenvalue weighted by Crippen LogP contribution is 2.42. The summed E-state index contributed by atoms with van der Waals surface area (Å²) in [6.07, 6.45) is 6.86. The highest BCUT2D eigenvalue weighted by molar-refractivity contribution is 7.99. The van der Waals surface area contributed by atoms with Gasteiger partial charge in [-0.05, 0) is 37.8 Å². The van der Waals surface area contributed by atoms with Crippen molar-refractivity contribution in [2.75, 3.05) is 18.9 Å². The monoisotopic (exact) mass is 267 g/mol. The van der Waals surface area contributed by atoms with Crippen LogP contribution in [-0.4, -0.2) is 39.5 Å². The summed E-state index contributed by atoms with van der Waals surface area (Å²) in [6, 6.07) is 1.92. The molecule has 2 N–H and O–H groups in total. The maximum atomic E-state index is 9.78. The van der Waals surface area contributed by atoms with E-state index in [1.807, 2.05) is 6.07 Å². The fraction of sp³-hybridized carbons (Fsp3) is 0.692. The minimum Gasteiger partial charge on any atom is -0.394 e. The summed E-state index contributed by atoms with van der Waals surface area (Å²) in [5.41, 5.74) is -0.133. The predicted molar refractivity (Wildman–Crippen MR) is 73.6 cm³/mol. The zero-order valence-corrected chi connectivity index (χ0v) is 11.6. The summed E-state index contributed by atoms with van der Waals surface area (Å²) in [6.45, 7) is 3.32. The molecule has 0 radical (unpaired) electrons. The molecule has 1 heterocycles. The summed E-state index contributed by atoms with van der Waals surface area (Å²) in [4.78, 5) is 8.14. The first-order valence-electron chi connectivity index (χ1n) is 6.55. The fourth-order valence-electron chi connectivity index (χ4n) is 2.12. The van der Waals surface area contributed by atoms with Crippen molar-refractivity contribution in [3.05, 3.63) is 18.6 Å². The molecule has 1 aliphatic carbocycles. The maximum absolute atomic E-state index is 9.78. The molecular weight excluding hydrogens is 246 g/mol. The van der Waals surface area contributed by atoms with Gasteiger partial charge in [-0.2, -0.15) is 0 Å². The van der Waals surface area contributed by atoms with Crippen LogP contribution in [0.25, 0.3) is 0 Å². The molecule has 0 bridgehead atoms. The fourth-order valence-corrected chi connectivity index (χ4v) is 3.23. The summed E-state index contributed by atoms with van der Waals surface area (Å²) >= 11 is 1.70. The molecule has 0 aromatic carbocycles. The average Bonchev–Trinajstić information content (AvgIpc) is 3.26. The van der Waals surface area contributed by atoms with Crippen molar-refractivity contribution in [3.63, 3.8) is 0 Å². The van der Waals surface area contributed by atoms with Gasteiger partial charge in [0.2, 0.25) is 0 Å². The highest BCUT2D eigenvalue weighted by Gasteiger charge is 2.44. The van der Waals surface area contributed by atoms with Gasteiger partial charge < -0.3 is 10.4 Å². The molecule has 1 fully saturated rings. The van der Waals surface area contributed by atoms with E-state index in [2.05, 4.69) is 22.2 Å². The smallest absolute Gasteiger partial charge is 0.116 e. The van der Waals surface area contributed by atoms with Gasteiger partial charge in [-0.15, -0.1) is 11.8 Å². The minimum atomic E-state index is -0.133. The lowest BCUT2D eigenvalue weighted by atomic mass is 9.96. The molecule has 1 unspecified atom stereocenters. The third kappa shape index (κ3) is 3.43. The van der Waals surface area contributed by atoms with E-state index < -0.39 is 0 Å². The number of aromatic nitrogens is 2. The topological polar surface area (TPSA) is 58.0 Å². The predicted octanol–water partition coefficient (Wildman–Crippen LogP) is 1.71. The maximum Gasteiger partial charge on any atom is 0.116 e. The SMILES string of the molecule is CCCNC(CO)(CSc1ccncn1)C1CC1. The zero-order chi connectivity index (χ0) is 12.8. The van der Waals surface area contributed by atoms with Crippen molar-refractivity contribution in [2.24, 2.45) is 5.92 Å². The molecule has 1 aliphatic rings. The van der Waals surface area contributed by atoms with E-state index in [9.17, 15) is 5.11 Å². The van der Waals surface area contributed by atoms with Crippen LogP contribution in [0.3, 0.4) is 0 Å². The molecule has 2 rings (SSSR count). The molecule has 0 spiro atoms. The van der Waals surface area contributed by atoms with Crippen molar-refractivity contribution >= 4 is 11.8 Å². The van der Waals surface area contributed by atoms with Crippen LogP contribution in [0.15, 0.2) is 23.6 Å². The van der Waals surface area contributed by atoms with Crippen LogP contribution in [0, 0.1) is 5.92 Å². The van der Waals surface area contributed by atoms with E-state index in [1.165, 1.54) is 12.8 Å². The molecule has 1 atom stereocenters. The molecule has 1 saturated carbocycles. The Morgan fingerprint density at radius 2 is 2.39 bits per heavy atom. The first-order valence-corrected chi connectivity index (χ1v) is 7.54. The zero-order valence-electron chi connectivity index (χ0n) is 10.8. The molecule has 18 heavy (non-hydrogen) atoms. The third-order valence-electron chi connectivity index (χ3n) is 3.40. The molecule has 1 aromatic rings. The number of thioether (sulfide) groups is 1. The Kier molecular flexibility index (Phi) is 4.97. The second kappa shape index (κ2) is 6.50. The van der Waals surface area contributed by atoms with Gasteiger partial charge in [0.25, 0.3) is 0 Å². The summed E-state index contributed by atoms with van der Waals surface area (Å²) in [5.74, 6) is 1.48. The lowest BCUT2D eigenvalue weighted by Gasteiger charge is -2.33. The van der Waals surface area contributed by atoms with Gasteiger partial charge in [-0.1, -0.05) is 6.92 Å². The normalized spacial score (nSPS) is 18.6. The van der Waals surface area contributed by atoms with Gasteiger partial charge in [0.15, 0.2) is 0 Å². The van der Waals surface area contributed by atoms with E-state index in [1.54, 1.807) is 24.3 Å². The van der Waals surface area contributed by atoms with E-state index in [-0.39, 0.29) is 12.1 Å². The first-order chi connectivity index (χ1) is 8.80. The van der Waals surface area contributed by atoms with Crippen molar-refractivity contribution in [2.45, 2.75) is 36.8 Å². The summed E-state index contributed by atoms with van der Waals surface area (Å²) in [5, 5.41) is 14.3. The number of hydrogen-bond donors (Lipinski definition) is 2. The van der Waals surface area contributed by atoms with E-state index >= 15 is 0 Å². The van der Waals surface area contributed by atoms with Gasteiger partial charge in [0.1, 0.15) is 6.33 Å². The van der Waals surface area contributed by atoms with Gasteiger partial charge in [0, 0.05) is 11.9 Å². The Morgan fingerprint density at radius 3 is 2.94 bits per heavy atom. The van der Waals surface area contributed by atoms with Crippen LogP contribution >= 0.6 is 11.8 Å². The average molecular weight is 267 g/mol. The van der Waals surface area contributed by atoms with E-state index in [4.69, 9.17) is 0 Å². The molecule has 4 nitrogen and oxygen atoms in total. The number of nitrogens with one attached hydrogen (secondary N) is 1. The van der Waals surface area contributed by atoms with E-state index in [0.29, 0.717) is 5.92 Å². The van der Waals surface area contributed by atoms with Crippen LogP contribution in [0.1, 0.15) is 26.2 Å². The minimum absolute atomic E-state index is 0.133. The number of rotatable bonds is 8. The molecule has 0 saturated heterocycles. The standard InChI is InChI=1S/C13H21N3OS/c1-2-6-16-13(8-17,11-3-4-11)9-18-12-5-7-14-10-15-12/h5,7,10-11,16-17H,2-4,6,8-9H2,1H3. The van der Waals surface area contributed by atoms with Crippen LogP contribution in [0.5, 0.6) is 0 Å². The summed E-state index contributed by atoms with van der Waals surface area (Å²) < 4.78 is 0. The Hall–Kier alpha value is -0.650. The van der Waals surface area contributed by atoms with Crippen molar-refractivity contribution < 1.29 is 5.11 Å². The number of aliphatic hydroxyl groups excluding tert-OH is 1. The molecule has 5 heteroatoms. The number of nitrogens with zero attached hydrogens (tertiary/aromatic N) is 2. The lowest BCUT2D eigenvalue weighted by Crippen LogP contribution is -2.53. The molecule has 0 amide bonds. The molecular formula is C13H21N3OS. The van der Waals surface area contributed by atoms with E-state index in [0.717, 1.165) is 23.7 Å². The van der Waals surface area contributed by atoms with Gasteiger partial charge in [-0.3, -0.25) is 0 Å². The van der Waals surface area contributed by atoms with Crippen LogP contribution in [-0.2, 0) is 0 Å². The lowest BCUT2D eigenvalue weighted by molar-refractivity contribution is 0.159. The quantitative estimate of drug-likeness (QED) is 0.555. The van der Waals surface area contributed by atoms with Crippen molar-refractivity contribution in [1.29, 1.82) is 0 Å². The molecule has 100 valence electrons. The third-order valence-corrected chi connectivity index (χ3v) is 4.60. The van der Waals surface area contributed by atoms with Crippen LogP contribution in [0.4, 0.5) is 0 Å². The Bertz CT molecular complexity index is 359.